The van der Waals surface area contributed by atoms with Gasteiger partial charge < -0.3 is 19.7 Å². The predicted molar refractivity (Wildman–Crippen MR) is 125 cm³/mol. The number of nitrogens with zero attached hydrogens (tertiary/aromatic N) is 2. The van der Waals surface area contributed by atoms with Gasteiger partial charge in [0.15, 0.2) is 22.4 Å². The third-order valence-electron chi connectivity index (χ3n) is 5.91. The number of phenolic OH excluding ortho intramolecular Hbond substituents is 1. The number of fused-ring (bicyclic) bond motifs is 2. The number of aromatic hydroxyl groups is 1. The zero-order chi connectivity index (χ0) is 25.1. The van der Waals surface area contributed by atoms with Crippen LogP contribution < -0.4 is 14.4 Å². The molecule has 1 saturated heterocycles. The van der Waals surface area contributed by atoms with E-state index >= 15 is 0 Å². The van der Waals surface area contributed by atoms with Crippen LogP contribution in [0.4, 0.5) is 13.9 Å². The maximum Gasteiger partial charge on any atom is 0.301 e. The number of rotatable bonds is 3. The van der Waals surface area contributed by atoms with Gasteiger partial charge in [-0.2, -0.15) is 0 Å². The summed E-state index contributed by atoms with van der Waals surface area (Å²) < 4.78 is 38.9. The van der Waals surface area contributed by atoms with Crippen LogP contribution in [0.2, 0.25) is 0 Å². The van der Waals surface area contributed by atoms with Gasteiger partial charge >= 0.3 is 5.91 Å². The molecular formula is C25H14F2N2O6S. The number of carbonyl (C=O) groups excluding carboxylic acids is 2. The first-order valence-electron chi connectivity index (χ1n) is 10.6. The summed E-state index contributed by atoms with van der Waals surface area (Å²) in [6.45, 7) is 0.00616. The lowest BCUT2D eigenvalue weighted by atomic mass is 9.95. The Morgan fingerprint density at radius 1 is 1.03 bits per heavy atom. The predicted octanol–water partition coefficient (Wildman–Crippen LogP) is 4.64. The molecule has 11 heteroatoms. The van der Waals surface area contributed by atoms with Crippen LogP contribution in [-0.2, 0) is 9.59 Å². The number of aliphatic hydroxyl groups is 1. The van der Waals surface area contributed by atoms with E-state index in [-0.39, 0.29) is 39.0 Å². The molecule has 0 saturated carbocycles. The highest BCUT2D eigenvalue weighted by molar-refractivity contribution is 7.22. The summed E-state index contributed by atoms with van der Waals surface area (Å²) in [7, 11) is 0. The molecule has 8 nitrogen and oxygen atoms in total. The smallest absolute Gasteiger partial charge is 0.301 e. The van der Waals surface area contributed by atoms with Crippen LogP contribution >= 0.6 is 11.3 Å². The van der Waals surface area contributed by atoms with Gasteiger partial charge in [0.1, 0.15) is 22.8 Å². The Morgan fingerprint density at radius 3 is 2.56 bits per heavy atom. The van der Waals surface area contributed by atoms with Gasteiger partial charge in [-0.15, -0.1) is 0 Å². The quantitative estimate of drug-likeness (QED) is 0.236. The van der Waals surface area contributed by atoms with Gasteiger partial charge in [-0.1, -0.05) is 23.5 Å². The number of halogens is 2. The van der Waals surface area contributed by atoms with Crippen molar-refractivity contribution in [3.05, 3.63) is 82.9 Å². The van der Waals surface area contributed by atoms with Crippen LogP contribution in [-0.4, -0.2) is 33.7 Å². The Hall–Kier alpha value is -4.51. The number of amides is 1. The van der Waals surface area contributed by atoms with Crippen molar-refractivity contribution < 1.29 is 38.1 Å². The van der Waals surface area contributed by atoms with E-state index in [1.807, 2.05) is 0 Å². The summed E-state index contributed by atoms with van der Waals surface area (Å²) >= 11 is 0.828. The largest absolute Gasteiger partial charge is 0.508 e. The van der Waals surface area contributed by atoms with E-state index in [4.69, 9.17) is 9.47 Å². The molecule has 3 heterocycles. The number of ketones is 1. The highest BCUT2D eigenvalue weighted by Crippen LogP contribution is 2.45. The maximum absolute atomic E-state index is 14.4. The van der Waals surface area contributed by atoms with E-state index in [9.17, 15) is 28.6 Å². The lowest BCUT2D eigenvalue weighted by Crippen LogP contribution is -2.29. The monoisotopic (exact) mass is 508 g/mol. The molecule has 6 rings (SSSR count). The fourth-order valence-corrected chi connectivity index (χ4v) is 5.28. The molecule has 2 N–H and O–H groups in total. The first-order chi connectivity index (χ1) is 17.3. The Bertz CT molecular complexity index is 1620. The SMILES string of the molecule is O=C1C(=O)N(c2nc3c(F)cc(F)cc3s2)C(c2ccc(O)cc2)/C1=C(\O)c1ccc2c(c1)OCO2. The third kappa shape index (κ3) is 3.35. The molecule has 1 fully saturated rings. The van der Waals surface area contributed by atoms with Gasteiger partial charge in [0, 0.05) is 11.6 Å². The second-order valence-electron chi connectivity index (χ2n) is 8.06. The van der Waals surface area contributed by atoms with Crippen LogP contribution in [0.1, 0.15) is 17.2 Å². The Kier molecular flexibility index (Phi) is 4.90. The molecule has 1 atom stereocenters. The molecule has 0 aliphatic carbocycles. The van der Waals surface area contributed by atoms with Crippen molar-refractivity contribution >= 4 is 44.1 Å². The Morgan fingerprint density at radius 2 is 1.78 bits per heavy atom. The van der Waals surface area contributed by atoms with Crippen molar-refractivity contribution in [1.29, 1.82) is 0 Å². The van der Waals surface area contributed by atoms with Crippen LogP contribution in [0.3, 0.4) is 0 Å². The number of anilines is 1. The summed E-state index contributed by atoms with van der Waals surface area (Å²) in [4.78, 5) is 31.7. The summed E-state index contributed by atoms with van der Waals surface area (Å²) in [5, 5.41) is 20.9. The minimum absolute atomic E-state index is 0.00616. The number of hydrogen-bond acceptors (Lipinski definition) is 8. The summed E-state index contributed by atoms with van der Waals surface area (Å²) in [6.07, 6.45) is 0. The van der Waals surface area contributed by atoms with E-state index in [1.54, 1.807) is 6.07 Å². The van der Waals surface area contributed by atoms with Crippen molar-refractivity contribution in [3.8, 4) is 17.2 Å². The number of carbonyl (C=O) groups is 2. The first kappa shape index (κ1) is 22.0. The number of thiazole rings is 1. The summed E-state index contributed by atoms with van der Waals surface area (Å²) in [6, 6.07) is 10.9. The second-order valence-corrected chi connectivity index (χ2v) is 9.07. The zero-order valence-electron chi connectivity index (χ0n) is 18.1. The number of ether oxygens (including phenoxy) is 2. The standard InChI is InChI=1S/C25H14F2N2O6S/c26-13-8-15(27)20-18(9-13)36-25(28-20)29-21(11-1-4-14(30)5-2-11)19(23(32)24(29)33)22(31)12-3-6-16-17(7-12)35-10-34-16/h1-9,21,30-31H,10H2/b22-19+. The van der Waals surface area contributed by atoms with E-state index in [0.717, 1.165) is 22.3 Å². The van der Waals surface area contributed by atoms with Crippen LogP contribution in [0.5, 0.6) is 17.2 Å². The van der Waals surface area contributed by atoms with Crippen LogP contribution in [0.15, 0.2) is 60.2 Å². The normalized spacial score (nSPS) is 18.4. The van der Waals surface area contributed by atoms with Crippen molar-refractivity contribution in [2.75, 3.05) is 11.7 Å². The van der Waals surface area contributed by atoms with Crippen molar-refractivity contribution in [1.82, 2.24) is 4.98 Å². The second kappa shape index (κ2) is 8.02. The number of aromatic nitrogens is 1. The Labute approximate surface area is 205 Å². The van der Waals surface area contributed by atoms with Crippen LogP contribution in [0, 0.1) is 11.6 Å². The molecule has 0 spiro atoms. The molecule has 1 amide bonds. The zero-order valence-corrected chi connectivity index (χ0v) is 18.9. The third-order valence-corrected chi connectivity index (χ3v) is 6.91. The lowest BCUT2D eigenvalue weighted by molar-refractivity contribution is -0.132. The molecule has 180 valence electrons. The van der Waals surface area contributed by atoms with Crippen molar-refractivity contribution in [2.45, 2.75) is 6.04 Å². The van der Waals surface area contributed by atoms with Crippen molar-refractivity contribution in [2.24, 2.45) is 0 Å². The van der Waals surface area contributed by atoms with E-state index in [2.05, 4.69) is 4.98 Å². The number of benzene rings is 3. The van der Waals surface area contributed by atoms with Gasteiger partial charge in [0.2, 0.25) is 6.79 Å². The Balaban J connectivity index is 1.56. The van der Waals surface area contributed by atoms with E-state index in [0.29, 0.717) is 23.1 Å². The summed E-state index contributed by atoms with van der Waals surface area (Å²) in [5.74, 6) is -3.41. The molecule has 0 radical (unpaired) electrons. The molecule has 4 aromatic rings. The fourth-order valence-electron chi connectivity index (χ4n) is 4.25. The van der Waals surface area contributed by atoms with Gasteiger partial charge in [-0.05, 0) is 42.0 Å². The average Bonchev–Trinajstić information content (AvgIpc) is 3.55. The number of aliphatic hydroxyl groups excluding tert-OH is 1. The number of hydrogen-bond donors (Lipinski definition) is 2. The molecule has 1 unspecified atom stereocenters. The maximum atomic E-state index is 14.4. The number of Topliss-reactive ketones (excluding diaryl/α,β-unsaturated/α-hetero) is 1. The van der Waals surface area contributed by atoms with Gasteiger partial charge in [0.25, 0.3) is 5.78 Å². The van der Waals surface area contributed by atoms with E-state index < -0.39 is 35.1 Å². The molecule has 0 bridgehead atoms. The molecule has 2 aliphatic rings. The fraction of sp³-hybridized carbons (Fsp3) is 0.0800. The van der Waals surface area contributed by atoms with E-state index in [1.165, 1.54) is 36.4 Å². The van der Waals surface area contributed by atoms with Gasteiger partial charge in [-0.25, -0.2) is 13.8 Å². The highest BCUT2D eigenvalue weighted by atomic mass is 32.1. The molecule has 2 aliphatic heterocycles. The molecular weight excluding hydrogens is 494 g/mol. The minimum atomic E-state index is -1.16. The topological polar surface area (TPSA) is 109 Å². The first-order valence-corrected chi connectivity index (χ1v) is 11.4. The molecule has 1 aromatic heterocycles. The molecule has 3 aromatic carbocycles. The molecule has 36 heavy (non-hydrogen) atoms. The number of phenols is 1. The van der Waals surface area contributed by atoms with Gasteiger partial charge in [0.05, 0.1) is 16.3 Å². The minimum Gasteiger partial charge on any atom is -0.508 e. The summed E-state index contributed by atoms with van der Waals surface area (Å²) in [5.41, 5.74) is 0.188. The lowest BCUT2D eigenvalue weighted by Gasteiger charge is -2.23. The average molecular weight is 508 g/mol. The van der Waals surface area contributed by atoms with Crippen LogP contribution in [0.25, 0.3) is 16.0 Å². The highest BCUT2D eigenvalue weighted by Gasteiger charge is 2.48. The van der Waals surface area contributed by atoms with Crippen molar-refractivity contribution in [3.63, 3.8) is 0 Å². The van der Waals surface area contributed by atoms with Gasteiger partial charge in [-0.3, -0.25) is 14.5 Å².